The first-order chi connectivity index (χ1) is 11.8. The molecule has 0 spiro atoms. The predicted octanol–water partition coefficient (Wildman–Crippen LogP) is 1.53. The molecule has 1 aliphatic heterocycles. The third-order valence-electron chi connectivity index (χ3n) is 4.14. The molecule has 7 nitrogen and oxygen atoms in total. The largest absolute Gasteiger partial charge is 0.494 e. The van der Waals surface area contributed by atoms with Crippen molar-refractivity contribution in [3.63, 3.8) is 0 Å². The molecule has 2 heterocycles. The van der Waals surface area contributed by atoms with Gasteiger partial charge in [0.25, 0.3) is 5.91 Å². The van der Waals surface area contributed by atoms with Crippen LogP contribution in [0.2, 0.25) is 0 Å². The number of nitrogens with one attached hydrogen (secondary N) is 2. The van der Waals surface area contributed by atoms with Crippen LogP contribution in [0.1, 0.15) is 41.9 Å². The lowest BCUT2D eigenvalue weighted by molar-refractivity contribution is 0.0945. The van der Waals surface area contributed by atoms with Gasteiger partial charge in [-0.1, -0.05) is 23.4 Å². The molecule has 1 fully saturated rings. The Balaban J connectivity index is 1.60. The molecule has 0 bridgehead atoms. The van der Waals surface area contributed by atoms with Gasteiger partial charge in [0.2, 0.25) is 0 Å². The summed E-state index contributed by atoms with van der Waals surface area (Å²) in [6.45, 7) is 4.87. The molecule has 3 rings (SSSR count). The minimum atomic E-state index is -0.221. The molecule has 1 amide bonds. The Hall–Kier alpha value is -2.41. The number of rotatable bonds is 6. The van der Waals surface area contributed by atoms with Crippen molar-refractivity contribution in [2.45, 2.75) is 32.4 Å². The van der Waals surface area contributed by atoms with Crippen LogP contribution < -0.4 is 15.4 Å². The maximum Gasteiger partial charge on any atom is 0.273 e. The number of hydrogen-bond donors (Lipinski definition) is 2. The summed E-state index contributed by atoms with van der Waals surface area (Å²) in [6, 6.07) is 8.01. The highest BCUT2D eigenvalue weighted by molar-refractivity contribution is 5.91. The van der Waals surface area contributed by atoms with Gasteiger partial charge in [-0.15, -0.1) is 5.10 Å². The second kappa shape index (κ2) is 7.92. The van der Waals surface area contributed by atoms with Crippen LogP contribution in [0.3, 0.4) is 0 Å². The molecule has 1 saturated heterocycles. The first-order valence-corrected chi connectivity index (χ1v) is 8.39. The Kier molecular flexibility index (Phi) is 5.43. The summed E-state index contributed by atoms with van der Waals surface area (Å²) >= 11 is 0. The van der Waals surface area contributed by atoms with Crippen molar-refractivity contribution in [3.8, 4) is 5.75 Å². The maximum atomic E-state index is 12.3. The molecular formula is C17H23N5O2. The van der Waals surface area contributed by atoms with Gasteiger partial charge in [-0.3, -0.25) is 4.79 Å². The zero-order chi connectivity index (χ0) is 16.8. The van der Waals surface area contributed by atoms with Gasteiger partial charge in [0, 0.05) is 12.1 Å². The molecule has 7 heteroatoms. The van der Waals surface area contributed by atoms with Crippen molar-refractivity contribution in [2.75, 3.05) is 19.7 Å². The summed E-state index contributed by atoms with van der Waals surface area (Å²) < 4.78 is 7.38. The van der Waals surface area contributed by atoms with E-state index in [-0.39, 0.29) is 5.91 Å². The number of aromatic nitrogens is 3. The Morgan fingerprint density at radius 2 is 2.17 bits per heavy atom. The third-order valence-corrected chi connectivity index (χ3v) is 4.14. The molecule has 0 atom stereocenters. The number of amides is 1. The lowest BCUT2D eigenvalue weighted by Crippen LogP contribution is -2.29. The number of ether oxygens (including phenoxy) is 1. The van der Waals surface area contributed by atoms with Crippen LogP contribution in [-0.4, -0.2) is 40.6 Å². The van der Waals surface area contributed by atoms with Crippen LogP contribution in [0.4, 0.5) is 0 Å². The summed E-state index contributed by atoms with van der Waals surface area (Å²) in [7, 11) is 0. The SMILES string of the molecule is CCOc1ccccc1CNC(=O)c1cn(C2CCNCC2)nn1. The number of carbonyl (C=O) groups is 1. The average molecular weight is 329 g/mol. The van der Waals surface area contributed by atoms with Crippen molar-refractivity contribution in [1.29, 1.82) is 0 Å². The van der Waals surface area contributed by atoms with E-state index < -0.39 is 0 Å². The fraction of sp³-hybridized carbons (Fsp3) is 0.471. The molecule has 0 radical (unpaired) electrons. The lowest BCUT2D eigenvalue weighted by Gasteiger charge is -2.22. The van der Waals surface area contributed by atoms with Crippen LogP contribution in [-0.2, 0) is 6.54 Å². The molecule has 2 N–H and O–H groups in total. The summed E-state index contributed by atoms with van der Waals surface area (Å²) in [5.41, 5.74) is 1.29. The van der Waals surface area contributed by atoms with Gasteiger partial charge in [-0.2, -0.15) is 0 Å². The normalized spacial score (nSPS) is 15.2. The highest BCUT2D eigenvalue weighted by atomic mass is 16.5. The minimum Gasteiger partial charge on any atom is -0.494 e. The third kappa shape index (κ3) is 3.91. The lowest BCUT2D eigenvalue weighted by atomic mass is 10.1. The van der Waals surface area contributed by atoms with Gasteiger partial charge in [-0.25, -0.2) is 4.68 Å². The first-order valence-electron chi connectivity index (χ1n) is 8.39. The van der Waals surface area contributed by atoms with Crippen molar-refractivity contribution < 1.29 is 9.53 Å². The summed E-state index contributed by atoms with van der Waals surface area (Å²) in [6.07, 6.45) is 3.75. The molecule has 128 valence electrons. The molecule has 2 aromatic rings. The number of piperidine rings is 1. The maximum absolute atomic E-state index is 12.3. The molecule has 1 aromatic carbocycles. The van der Waals surface area contributed by atoms with E-state index in [9.17, 15) is 4.79 Å². The molecule has 0 aliphatic carbocycles. The van der Waals surface area contributed by atoms with Crippen LogP contribution in [0, 0.1) is 0 Å². The highest BCUT2D eigenvalue weighted by Crippen LogP contribution is 2.18. The summed E-state index contributed by atoms with van der Waals surface area (Å²) in [5.74, 6) is 0.570. The fourth-order valence-electron chi connectivity index (χ4n) is 2.84. The number of hydrogen-bond acceptors (Lipinski definition) is 5. The van der Waals surface area contributed by atoms with E-state index in [4.69, 9.17) is 4.74 Å². The highest BCUT2D eigenvalue weighted by Gasteiger charge is 2.18. The summed E-state index contributed by atoms with van der Waals surface area (Å²) in [4.78, 5) is 12.3. The van der Waals surface area contributed by atoms with E-state index in [2.05, 4.69) is 20.9 Å². The van der Waals surface area contributed by atoms with Crippen LogP contribution in [0.15, 0.2) is 30.5 Å². The van der Waals surface area contributed by atoms with Crippen molar-refractivity contribution in [2.24, 2.45) is 0 Å². The predicted molar refractivity (Wildman–Crippen MR) is 89.9 cm³/mol. The van der Waals surface area contributed by atoms with E-state index in [1.54, 1.807) is 6.20 Å². The summed E-state index contributed by atoms with van der Waals surface area (Å²) in [5, 5.41) is 14.3. The van der Waals surface area contributed by atoms with Crippen molar-refractivity contribution in [3.05, 3.63) is 41.7 Å². The molecule has 0 unspecified atom stereocenters. The first kappa shape index (κ1) is 16.4. The van der Waals surface area contributed by atoms with E-state index in [1.165, 1.54) is 0 Å². The van der Waals surface area contributed by atoms with Gasteiger partial charge in [0.15, 0.2) is 5.69 Å². The van der Waals surface area contributed by atoms with E-state index >= 15 is 0 Å². The second-order valence-electron chi connectivity index (χ2n) is 5.79. The topological polar surface area (TPSA) is 81.1 Å². The average Bonchev–Trinajstić information content (AvgIpc) is 3.12. The fourth-order valence-corrected chi connectivity index (χ4v) is 2.84. The number of benzene rings is 1. The van der Waals surface area contributed by atoms with Gasteiger partial charge in [0.05, 0.1) is 18.8 Å². The van der Waals surface area contributed by atoms with Crippen LogP contribution in [0.25, 0.3) is 0 Å². The zero-order valence-corrected chi connectivity index (χ0v) is 13.9. The molecule has 0 saturated carbocycles. The Morgan fingerprint density at radius 3 is 2.96 bits per heavy atom. The molecule has 24 heavy (non-hydrogen) atoms. The van der Waals surface area contributed by atoms with Crippen LogP contribution >= 0.6 is 0 Å². The monoisotopic (exact) mass is 329 g/mol. The quantitative estimate of drug-likeness (QED) is 0.840. The van der Waals surface area contributed by atoms with E-state index in [1.807, 2.05) is 35.9 Å². The Labute approximate surface area is 141 Å². The van der Waals surface area contributed by atoms with Gasteiger partial charge >= 0.3 is 0 Å². The molecular weight excluding hydrogens is 306 g/mol. The minimum absolute atomic E-state index is 0.221. The Bertz CT molecular complexity index is 679. The van der Waals surface area contributed by atoms with E-state index in [0.717, 1.165) is 37.2 Å². The van der Waals surface area contributed by atoms with Crippen molar-refractivity contribution in [1.82, 2.24) is 25.6 Å². The number of nitrogens with zero attached hydrogens (tertiary/aromatic N) is 3. The number of para-hydroxylation sites is 1. The molecule has 1 aliphatic rings. The van der Waals surface area contributed by atoms with Gasteiger partial charge < -0.3 is 15.4 Å². The van der Waals surface area contributed by atoms with Gasteiger partial charge in [-0.05, 0) is 38.9 Å². The van der Waals surface area contributed by atoms with Gasteiger partial charge in [0.1, 0.15) is 5.75 Å². The van der Waals surface area contributed by atoms with E-state index in [0.29, 0.717) is 24.9 Å². The smallest absolute Gasteiger partial charge is 0.273 e. The standard InChI is InChI=1S/C17H23N5O2/c1-2-24-16-6-4-3-5-13(16)11-19-17(23)15-12-22(21-20-15)14-7-9-18-10-8-14/h3-6,12,14,18H,2,7-11H2,1H3,(H,19,23). The second-order valence-corrected chi connectivity index (χ2v) is 5.79. The van der Waals surface area contributed by atoms with Crippen molar-refractivity contribution >= 4 is 5.91 Å². The van der Waals surface area contributed by atoms with Crippen LogP contribution in [0.5, 0.6) is 5.75 Å². The Morgan fingerprint density at radius 1 is 1.38 bits per heavy atom. The number of carbonyl (C=O) groups excluding carboxylic acids is 1. The molecule has 1 aromatic heterocycles. The zero-order valence-electron chi connectivity index (χ0n) is 13.9.